The number of nitrogens with zero attached hydrogens (tertiary/aromatic N) is 2. The molecule has 2 aliphatic heterocycles. The topological polar surface area (TPSA) is 61.9 Å². The van der Waals surface area contributed by atoms with Crippen molar-refractivity contribution in [3.05, 3.63) is 137 Å². The number of hydrogen-bond donors (Lipinski definition) is 1. The Kier molecular flexibility index (Phi) is 8.15. The van der Waals surface area contributed by atoms with Gasteiger partial charge in [-0.3, -0.25) is 19.4 Å². The third-order valence-electron chi connectivity index (χ3n) is 7.90. The van der Waals surface area contributed by atoms with Crippen LogP contribution in [0.1, 0.15) is 45.5 Å². The van der Waals surface area contributed by atoms with Crippen molar-refractivity contribution in [2.24, 2.45) is 0 Å². The van der Waals surface area contributed by atoms with Crippen molar-refractivity contribution in [1.29, 1.82) is 0 Å². The summed E-state index contributed by atoms with van der Waals surface area (Å²) in [5, 5.41) is 3.20. The molecule has 0 aromatic heterocycles. The summed E-state index contributed by atoms with van der Waals surface area (Å²) in [5.41, 5.74) is 5.66. The second-order valence-electron chi connectivity index (χ2n) is 11.1. The maximum atomic E-state index is 13.6. The zero-order valence-electron chi connectivity index (χ0n) is 23.8. The quantitative estimate of drug-likeness (QED) is 0.269. The molecule has 0 saturated carbocycles. The molecule has 6 heteroatoms. The number of benzene rings is 4. The second-order valence-corrected chi connectivity index (χ2v) is 11.1. The van der Waals surface area contributed by atoms with Gasteiger partial charge in [-0.1, -0.05) is 84.4 Å². The van der Waals surface area contributed by atoms with Crippen molar-refractivity contribution in [2.45, 2.75) is 38.9 Å². The lowest BCUT2D eigenvalue weighted by Crippen LogP contribution is -2.44. The Labute approximate surface area is 247 Å². The van der Waals surface area contributed by atoms with Gasteiger partial charge in [0.1, 0.15) is 0 Å². The molecule has 0 atom stereocenters. The van der Waals surface area contributed by atoms with Crippen molar-refractivity contribution < 1.29 is 14.3 Å². The molecule has 1 fully saturated rings. The molecule has 42 heavy (non-hydrogen) atoms. The van der Waals surface area contributed by atoms with Crippen molar-refractivity contribution in [1.82, 2.24) is 10.2 Å². The van der Waals surface area contributed by atoms with E-state index in [1.165, 1.54) is 5.56 Å². The van der Waals surface area contributed by atoms with Gasteiger partial charge in [-0.15, -0.1) is 0 Å². The highest BCUT2D eigenvalue weighted by Crippen LogP contribution is 2.36. The Bertz CT molecular complexity index is 1590. The molecule has 0 radical (unpaired) electrons. The zero-order valence-corrected chi connectivity index (χ0v) is 23.8. The normalized spacial score (nSPS) is 16.6. The van der Waals surface area contributed by atoms with E-state index in [1.807, 2.05) is 67.6 Å². The van der Waals surface area contributed by atoms with E-state index in [9.17, 15) is 9.59 Å². The average molecular weight is 558 g/mol. The highest BCUT2D eigenvalue weighted by Gasteiger charge is 2.30. The Morgan fingerprint density at radius 2 is 1.57 bits per heavy atom. The first-order chi connectivity index (χ1) is 20.5. The van der Waals surface area contributed by atoms with Crippen LogP contribution in [0.15, 0.2) is 109 Å². The molecule has 0 bridgehead atoms. The third kappa shape index (κ3) is 6.45. The summed E-state index contributed by atoms with van der Waals surface area (Å²) < 4.78 is 6.05. The van der Waals surface area contributed by atoms with E-state index in [-0.39, 0.29) is 23.6 Å². The maximum Gasteiger partial charge on any atom is 0.294 e. The van der Waals surface area contributed by atoms with Gasteiger partial charge >= 0.3 is 0 Å². The Morgan fingerprint density at radius 1 is 0.857 bits per heavy atom. The van der Waals surface area contributed by atoms with Gasteiger partial charge < -0.3 is 10.1 Å². The number of nitrogens with one attached hydrogen (secondary N) is 1. The number of carbonyl (C=O) groups is 2. The number of likely N-dealkylation sites (tertiary alicyclic amines) is 1. The van der Waals surface area contributed by atoms with Gasteiger partial charge in [0.05, 0.1) is 12.2 Å². The predicted octanol–water partition coefficient (Wildman–Crippen LogP) is 6.36. The Hall–Kier alpha value is -4.68. The molecule has 2 heterocycles. The van der Waals surface area contributed by atoms with Crippen LogP contribution in [-0.2, 0) is 17.9 Å². The van der Waals surface area contributed by atoms with E-state index < -0.39 is 0 Å². The predicted molar refractivity (Wildman–Crippen MR) is 166 cm³/mol. The summed E-state index contributed by atoms with van der Waals surface area (Å²) in [4.78, 5) is 30.8. The molecule has 1 saturated heterocycles. The minimum absolute atomic E-state index is 0.0704. The minimum Gasteiger partial charge on any atom is -0.449 e. The number of fused-ring (bicyclic) bond motifs is 1. The summed E-state index contributed by atoms with van der Waals surface area (Å²) in [6.07, 6.45) is 3.61. The molecule has 0 spiro atoms. The van der Waals surface area contributed by atoms with Gasteiger partial charge in [0.15, 0.2) is 11.5 Å². The fourth-order valence-corrected chi connectivity index (χ4v) is 5.64. The van der Waals surface area contributed by atoms with Crippen molar-refractivity contribution in [2.75, 3.05) is 18.0 Å². The Balaban J connectivity index is 1.10. The number of anilines is 1. The number of carbonyl (C=O) groups excluding carboxylic acids is 2. The second kappa shape index (κ2) is 12.5. The molecule has 1 N–H and O–H groups in total. The molecule has 6 nitrogen and oxygen atoms in total. The van der Waals surface area contributed by atoms with Crippen LogP contribution in [0.4, 0.5) is 5.69 Å². The van der Waals surface area contributed by atoms with Gasteiger partial charge in [-0.2, -0.15) is 0 Å². The molecule has 0 aliphatic carbocycles. The smallest absolute Gasteiger partial charge is 0.294 e. The minimum atomic E-state index is -0.198. The van der Waals surface area contributed by atoms with Crippen LogP contribution in [0.3, 0.4) is 0 Å². The molecular weight excluding hydrogens is 522 g/mol. The van der Waals surface area contributed by atoms with Gasteiger partial charge in [-0.05, 0) is 66.8 Å². The lowest BCUT2D eigenvalue weighted by molar-refractivity contribution is -0.117. The van der Waals surface area contributed by atoms with Crippen LogP contribution < -0.4 is 15.0 Å². The van der Waals surface area contributed by atoms with Crippen LogP contribution in [0.2, 0.25) is 0 Å². The summed E-state index contributed by atoms with van der Waals surface area (Å²) in [5.74, 6) is 0.622. The average Bonchev–Trinajstić information content (AvgIpc) is 3.01. The van der Waals surface area contributed by atoms with Crippen molar-refractivity contribution in [3.63, 3.8) is 0 Å². The summed E-state index contributed by atoms with van der Waals surface area (Å²) in [6.45, 7) is 5.36. The lowest BCUT2D eigenvalue weighted by atomic mass is 10.0. The fourth-order valence-electron chi connectivity index (χ4n) is 5.64. The van der Waals surface area contributed by atoms with Crippen molar-refractivity contribution >= 4 is 23.6 Å². The van der Waals surface area contributed by atoms with Crippen LogP contribution in [0.5, 0.6) is 5.75 Å². The van der Waals surface area contributed by atoms with Crippen LogP contribution >= 0.6 is 0 Å². The highest BCUT2D eigenvalue weighted by atomic mass is 16.5. The fraction of sp³-hybridized carbons (Fsp3) is 0.222. The largest absolute Gasteiger partial charge is 0.449 e. The zero-order chi connectivity index (χ0) is 28.9. The van der Waals surface area contributed by atoms with E-state index in [0.717, 1.165) is 54.9 Å². The molecule has 0 unspecified atom stereocenters. The summed E-state index contributed by atoms with van der Waals surface area (Å²) in [6, 6.07) is 33.7. The summed E-state index contributed by atoms with van der Waals surface area (Å²) in [7, 11) is 0. The first-order valence-electron chi connectivity index (χ1n) is 14.5. The summed E-state index contributed by atoms with van der Waals surface area (Å²) >= 11 is 0. The number of para-hydroxylation sites is 2. The first kappa shape index (κ1) is 27.5. The number of hydrogen-bond acceptors (Lipinski definition) is 4. The van der Waals surface area contributed by atoms with E-state index in [4.69, 9.17) is 4.74 Å². The van der Waals surface area contributed by atoms with E-state index in [1.54, 1.807) is 23.1 Å². The molecule has 2 aliphatic rings. The Morgan fingerprint density at radius 3 is 2.33 bits per heavy atom. The van der Waals surface area contributed by atoms with E-state index in [0.29, 0.717) is 17.9 Å². The number of ether oxygens (including phenoxy) is 1. The third-order valence-corrected chi connectivity index (χ3v) is 7.90. The SMILES string of the molecule is Cc1cccc(CN2C(=O)C(=Cc3ccc(C(=O)NC4CCN(Cc5ccccc5)CC4)cc3)Oc3ccccc32)c1. The van der Waals surface area contributed by atoms with Gasteiger partial charge in [0, 0.05) is 31.2 Å². The van der Waals surface area contributed by atoms with Crippen LogP contribution in [-0.4, -0.2) is 35.8 Å². The van der Waals surface area contributed by atoms with Gasteiger partial charge in [-0.25, -0.2) is 0 Å². The van der Waals surface area contributed by atoms with E-state index in [2.05, 4.69) is 40.5 Å². The highest BCUT2D eigenvalue weighted by molar-refractivity contribution is 6.09. The van der Waals surface area contributed by atoms with Gasteiger partial charge in [0.25, 0.3) is 11.8 Å². The molecule has 212 valence electrons. The monoisotopic (exact) mass is 557 g/mol. The van der Waals surface area contributed by atoms with Crippen molar-refractivity contribution in [3.8, 4) is 5.75 Å². The number of amides is 2. The molecule has 6 rings (SSSR count). The molecular formula is C36H35N3O3. The van der Waals surface area contributed by atoms with Gasteiger partial charge in [0.2, 0.25) is 0 Å². The number of rotatable bonds is 7. The maximum absolute atomic E-state index is 13.6. The number of aryl methyl sites for hydroxylation is 1. The van der Waals surface area contributed by atoms with E-state index >= 15 is 0 Å². The molecule has 4 aromatic carbocycles. The standard InChI is InChI=1S/C36H35N3O3/c1-26-8-7-11-29(22-26)25-39-32-12-5-6-13-33(32)42-34(36(39)41)23-27-14-16-30(17-15-27)35(40)37-31-18-20-38(21-19-31)24-28-9-3-2-4-10-28/h2-17,22-23,31H,18-21,24-25H2,1H3,(H,37,40). The molecule has 4 aromatic rings. The lowest BCUT2D eigenvalue weighted by Gasteiger charge is -2.32. The van der Waals surface area contributed by atoms with Crippen LogP contribution in [0, 0.1) is 6.92 Å². The molecule has 2 amide bonds. The first-order valence-corrected chi connectivity index (χ1v) is 14.5. The number of piperidine rings is 1. The van der Waals surface area contributed by atoms with Crippen LogP contribution in [0.25, 0.3) is 6.08 Å².